The highest BCUT2D eigenvalue weighted by molar-refractivity contribution is 5.82. The summed E-state index contributed by atoms with van der Waals surface area (Å²) in [4.78, 5) is 12.3. The Hall–Kier alpha value is -1.55. The van der Waals surface area contributed by atoms with Crippen LogP contribution in [0.3, 0.4) is 0 Å². The molecule has 0 saturated heterocycles. The highest BCUT2D eigenvalue weighted by atomic mass is 16.5. The maximum Gasteiger partial charge on any atom is 0.225 e. The quantitative estimate of drug-likeness (QED) is 0.899. The highest BCUT2D eigenvalue weighted by Crippen LogP contribution is 2.39. The van der Waals surface area contributed by atoms with Crippen molar-refractivity contribution in [2.75, 3.05) is 6.61 Å². The van der Waals surface area contributed by atoms with Gasteiger partial charge in [0.05, 0.1) is 12.6 Å². The van der Waals surface area contributed by atoms with Crippen molar-refractivity contribution in [1.29, 1.82) is 0 Å². The van der Waals surface area contributed by atoms with Gasteiger partial charge in [-0.1, -0.05) is 45.4 Å². The maximum absolute atomic E-state index is 12.3. The Morgan fingerprint density at radius 1 is 1.45 bits per heavy atom. The van der Waals surface area contributed by atoms with Crippen LogP contribution in [-0.2, 0) is 4.79 Å². The number of benzene rings is 1. The van der Waals surface area contributed by atoms with Crippen molar-refractivity contribution in [1.82, 2.24) is 5.32 Å². The van der Waals surface area contributed by atoms with Crippen LogP contribution < -0.4 is 15.8 Å². The molecule has 4 heteroatoms. The van der Waals surface area contributed by atoms with Gasteiger partial charge in [0.1, 0.15) is 5.75 Å². The Bertz CT molecular complexity index is 561. The topological polar surface area (TPSA) is 64.3 Å². The first kappa shape index (κ1) is 16.8. The first-order valence-electron chi connectivity index (χ1n) is 8.07. The van der Waals surface area contributed by atoms with Crippen LogP contribution in [0.4, 0.5) is 0 Å². The van der Waals surface area contributed by atoms with Crippen molar-refractivity contribution in [3.63, 3.8) is 0 Å². The molecule has 1 aliphatic rings. The van der Waals surface area contributed by atoms with Crippen LogP contribution in [-0.4, -0.2) is 12.5 Å². The second kappa shape index (κ2) is 6.29. The van der Waals surface area contributed by atoms with Gasteiger partial charge in [-0.3, -0.25) is 4.79 Å². The van der Waals surface area contributed by atoms with Crippen molar-refractivity contribution < 1.29 is 9.53 Å². The van der Waals surface area contributed by atoms with Gasteiger partial charge in [0.25, 0.3) is 0 Å². The summed E-state index contributed by atoms with van der Waals surface area (Å²) in [6, 6.07) is 4.17. The van der Waals surface area contributed by atoms with Gasteiger partial charge in [0.2, 0.25) is 5.91 Å². The van der Waals surface area contributed by atoms with Crippen molar-refractivity contribution in [2.45, 2.75) is 59.5 Å². The molecule has 1 amide bonds. The summed E-state index contributed by atoms with van der Waals surface area (Å²) in [5, 5.41) is 3.17. The number of aryl methyl sites for hydroxylation is 1. The molecule has 2 unspecified atom stereocenters. The van der Waals surface area contributed by atoms with E-state index in [0.717, 1.165) is 35.3 Å². The molecule has 1 aromatic carbocycles. The SMILES string of the molecule is CCC(N)c1cc(C)cc2c1OCCC2NC(=O)C(C)(C)C. The molecule has 2 atom stereocenters. The molecular formula is C18H28N2O2. The van der Waals surface area contributed by atoms with E-state index in [9.17, 15) is 4.79 Å². The number of fused-ring (bicyclic) bond motifs is 1. The fourth-order valence-electron chi connectivity index (χ4n) is 2.71. The predicted octanol–water partition coefficient (Wildman–Crippen LogP) is 3.39. The zero-order valence-electron chi connectivity index (χ0n) is 14.3. The van der Waals surface area contributed by atoms with E-state index in [-0.39, 0.29) is 18.0 Å². The lowest BCUT2D eigenvalue weighted by atomic mass is 9.90. The number of nitrogens with one attached hydrogen (secondary N) is 1. The van der Waals surface area contributed by atoms with Crippen LogP contribution in [0, 0.1) is 12.3 Å². The van der Waals surface area contributed by atoms with Crippen molar-refractivity contribution in [3.8, 4) is 5.75 Å². The number of nitrogens with two attached hydrogens (primary N) is 1. The van der Waals surface area contributed by atoms with Gasteiger partial charge in [0, 0.05) is 29.0 Å². The fraction of sp³-hybridized carbons (Fsp3) is 0.611. The molecule has 0 saturated carbocycles. The number of rotatable bonds is 3. The first-order valence-corrected chi connectivity index (χ1v) is 8.07. The van der Waals surface area contributed by atoms with Crippen LogP contribution in [0.5, 0.6) is 5.75 Å². The van der Waals surface area contributed by atoms with Gasteiger partial charge in [0.15, 0.2) is 0 Å². The summed E-state index contributed by atoms with van der Waals surface area (Å²) in [5.74, 6) is 0.929. The molecule has 0 bridgehead atoms. The molecule has 1 aliphatic heterocycles. The fourth-order valence-corrected chi connectivity index (χ4v) is 2.71. The number of carbonyl (C=O) groups is 1. The molecule has 1 heterocycles. The van der Waals surface area contributed by atoms with Crippen molar-refractivity contribution in [3.05, 3.63) is 28.8 Å². The van der Waals surface area contributed by atoms with Gasteiger partial charge in [-0.2, -0.15) is 0 Å². The molecule has 3 N–H and O–H groups in total. The number of ether oxygens (including phenoxy) is 1. The third kappa shape index (κ3) is 3.43. The Balaban J connectivity index is 2.38. The van der Waals surface area contributed by atoms with E-state index < -0.39 is 5.41 Å². The Labute approximate surface area is 133 Å². The second-order valence-electron chi connectivity index (χ2n) is 7.20. The van der Waals surface area contributed by atoms with E-state index in [1.54, 1.807) is 0 Å². The summed E-state index contributed by atoms with van der Waals surface area (Å²) in [7, 11) is 0. The van der Waals surface area contributed by atoms with E-state index in [0.29, 0.717) is 6.61 Å². The van der Waals surface area contributed by atoms with Crippen LogP contribution in [0.2, 0.25) is 0 Å². The monoisotopic (exact) mass is 304 g/mol. The normalized spacial score (nSPS) is 19.1. The van der Waals surface area contributed by atoms with E-state index in [4.69, 9.17) is 10.5 Å². The van der Waals surface area contributed by atoms with E-state index in [1.165, 1.54) is 0 Å². The molecule has 22 heavy (non-hydrogen) atoms. The second-order valence-corrected chi connectivity index (χ2v) is 7.20. The number of hydrogen-bond donors (Lipinski definition) is 2. The highest BCUT2D eigenvalue weighted by Gasteiger charge is 2.30. The minimum atomic E-state index is -0.398. The van der Waals surface area contributed by atoms with Gasteiger partial charge in [-0.15, -0.1) is 0 Å². The molecule has 0 aromatic heterocycles. The lowest BCUT2D eigenvalue weighted by Crippen LogP contribution is -2.39. The summed E-state index contributed by atoms with van der Waals surface area (Å²) in [6.45, 7) is 10.5. The molecule has 1 aromatic rings. The predicted molar refractivity (Wildman–Crippen MR) is 88.8 cm³/mol. The van der Waals surface area contributed by atoms with Gasteiger partial charge in [-0.25, -0.2) is 0 Å². The molecule has 122 valence electrons. The molecule has 0 radical (unpaired) electrons. The number of hydrogen-bond acceptors (Lipinski definition) is 3. The standard InChI is InChI=1S/C18H28N2O2/c1-6-14(19)12-9-11(2)10-13-15(7-8-22-16(12)13)20-17(21)18(3,4)5/h9-10,14-15H,6-8,19H2,1-5H3,(H,20,21). The zero-order valence-corrected chi connectivity index (χ0v) is 14.3. The average molecular weight is 304 g/mol. The largest absolute Gasteiger partial charge is 0.493 e. The maximum atomic E-state index is 12.3. The van der Waals surface area contributed by atoms with Crippen LogP contribution in [0.15, 0.2) is 12.1 Å². The molecule has 0 aliphatic carbocycles. The Morgan fingerprint density at radius 2 is 2.14 bits per heavy atom. The molecule has 4 nitrogen and oxygen atoms in total. The van der Waals surface area contributed by atoms with E-state index in [2.05, 4.69) is 31.3 Å². The smallest absolute Gasteiger partial charge is 0.225 e. The van der Waals surface area contributed by atoms with Gasteiger partial charge >= 0.3 is 0 Å². The Kier molecular flexibility index (Phi) is 4.81. The number of amides is 1. The third-order valence-electron chi connectivity index (χ3n) is 4.14. The van der Waals surface area contributed by atoms with Crippen LogP contribution in [0.25, 0.3) is 0 Å². The summed E-state index contributed by atoms with van der Waals surface area (Å²) in [6.07, 6.45) is 1.65. The van der Waals surface area contributed by atoms with E-state index in [1.807, 2.05) is 20.8 Å². The van der Waals surface area contributed by atoms with Gasteiger partial charge < -0.3 is 15.8 Å². The average Bonchev–Trinajstić information content (AvgIpc) is 2.45. The molecule has 0 spiro atoms. The molecule has 2 rings (SSSR count). The van der Waals surface area contributed by atoms with Crippen molar-refractivity contribution >= 4 is 5.91 Å². The molecular weight excluding hydrogens is 276 g/mol. The molecule has 0 fully saturated rings. The zero-order chi connectivity index (χ0) is 16.5. The summed E-state index contributed by atoms with van der Waals surface area (Å²) < 4.78 is 5.90. The minimum absolute atomic E-state index is 0.00168. The lowest BCUT2D eigenvalue weighted by Gasteiger charge is -2.32. The third-order valence-corrected chi connectivity index (χ3v) is 4.14. The van der Waals surface area contributed by atoms with Crippen molar-refractivity contribution in [2.24, 2.45) is 11.1 Å². The number of carbonyl (C=O) groups excluding carboxylic acids is 1. The minimum Gasteiger partial charge on any atom is -0.493 e. The summed E-state index contributed by atoms with van der Waals surface area (Å²) in [5.41, 5.74) is 9.10. The van der Waals surface area contributed by atoms with Crippen LogP contribution in [0.1, 0.15) is 69.3 Å². The first-order chi connectivity index (χ1) is 10.2. The lowest BCUT2D eigenvalue weighted by molar-refractivity contribution is -0.129. The summed E-state index contributed by atoms with van der Waals surface area (Å²) >= 11 is 0. The Morgan fingerprint density at radius 3 is 2.73 bits per heavy atom. The van der Waals surface area contributed by atoms with E-state index >= 15 is 0 Å². The van der Waals surface area contributed by atoms with Gasteiger partial charge in [-0.05, 0) is 13.3 Å². The van der Waals surface area contributed by atoms with Crippen LogP contribution >= 0.6 is 0 Å².